The van der Waals surface area contributed by atoms with E-state index < -0.39 is 21.8 Å². The lowest BCUT2D eigenvalue weighted by Gasteiger charge is -2.09. The first-order chi connectivity index (χ1) is 14.2. The van der Waals surface area contributed by atoms with Crippen molar-refractivity contribution in [2.75, 3.05) is 18.6 Å². The van der Waals surface area contributed by atoms with Gasteiger partial charge in [0.2, 0.25) is 0 Å². The fourth-order valence-electron chi connectivity index (χ4n) is 3.14. The van der Waals surface area contributed by atoms with Crippen LogP contribution in [0.3, 0.4) is 0 Å². The minimum atomic E-state index is -3.07. The van der Waals surface area contributed by atoms with Crippen molar-refractivity contribution in [2.24, 2.45) is 0 Å². The number of aromatic nitrogens is 2. The molecule has 0 N–H and O–H groups in total. The monoisotopic (exact) mass is 452 g/mol. The van der Waals surface area contributed by atoms with Gasteiger partial charge >= 0.3 is 11.9 Å². The van der Waals surface area contributed by atoms with Crippen LogP contribution in [0.2, 0.25) is 5.15 Å². The molecule has 0 amide bonds. The number of carbonyl (C=O) groups is 2. The first-order valence-electron chi connectivity index (χ1n) is 9.17. The van der Waals surface area contributed by atoms with Crippen molar-refractivity contribution >= 4 is 39.5 Å². The summed E-state index contributed by atoms with van der Waals surface area (Å²) < 4.78 is 34.8. The third kappa shape index (κ3) is 5.09. The largest absolute Gasteiger partial charge is 0.465 e. The Morgan fingerprint density at radius 2 is 2.00 bits per heavy atom. The molecular weight excluding hydrogens is 432 g/mol. The van der Waals surface area contributed by atoms with E-state index >= 15 is 0 Å². The zero-order valence-corrected chi connectivity index (χ0v) is 18.1. The number of carbonyl (C=O) groups excluding carboxylic acids is 2. The molecule has 1 aliphatic heterocycles. The second-order valence-electron chi connectivity index (χ2n) is 6.92. The molecule has 3 rings (SSSR count). The van der Waals surface area contributed by atoms with Crippen LogP contribution in [0.4, 0.5) is 0 Å². The maximum absolute atomic E-state index is 12.0. The highest BCUT2D eigenvalue weighted by molar-refractivity contribution is 7.91. The molecule has 160 valence electrons. The number of aryl methyl sites for hydroxylation is 1. The smallest absolute Gasteiger partial charge is 0.337 e. The molecule has 10 heteroatoms. The van der Waals surface area contributed by atoms with E-state index in [2.05, 4.69) is 9.84 Å². The fraction of sp³-hybridized carbons (Fsp3) is 0.350. The van der Waals surface area contributed by atoms with Gasteiger partial charge in [-0.2, -0.15) is 5.10 Å². The van der Waals surface area contributed by atoms with Gasteiger partial charge < -0.3 is 9.47 Å². The molecule has 1 aromatic heterocycles. The van der Waals surface area contributed by atoms with Gasteiger partial charge in [-0.1, -0.05) is 23.7 Å². The van der Waals surface area contributed by atoms with Gasteiger partial charge in [-0.15, -0.1) is 0 Å². The lowest BCUT2D eigenvalue weighted by atomic mass is 10.1. The molecule has 0 unspecified atom stereocenters. The normalized spacial score (nSPS) is 17.9. The van der Waals surface area contributed by atoms with Crippen molar-refractivity contribution < 1.29 is 27.5 Å². The first kappa shape index (κ1) is 22.0. The van der Waals surface area contributed by atoms with Gasteiger partial charge in [-0.25, -0.2) is 22.7 Å². The summed E-state index contributed by atoms with van der Waals surface area (Å²) in [7, 11) is -1.77. The van der Waals surface area contributed by atoms with Gasteiger partial charge in [0.25, 0.3) is 0 Å². The predicted octanol–water partition coefficient (Wildman–Crippen LogP) is 2.75. The summed E-state index contributed by atoms with van der Waals surface area (Å²) in [6.45, 7) is 1.77. The van der Waals surface area contributed by atoms with Gasteiger partial charge in [-0.05, 0) is 37.1 Å². The van der Waals surface area contributed by atoms with Crippen molar-refractivity contribution in [3.05, 3.63) is 57.9 Å². The zero-order chi connectivity index (χ0) is 21.9. The molecule has 1 saturated heterocycles. The molecule has 0 bridgehead atoms. The van der Waals surface area contributed by atoms with Crippen LogP contribution in [0.5, 0.6) is 0 Å². The Labute approximate surface area is 179 Å². The zero-order valence-electron chi connectivity index (χ0n) is 16.5. The van der Waals surface area contributed by atoms with E-state index in [1.165, 1.54) is 23.9 Å². The second-order valence-corrected chi connectivity index (χ2v) is 9.51. The Hall–Kier alpha value is -2.65. The van der Waals surface area contributed by atoms with Crippen LogP contribution in [0.15, 0.2) is 30.3 Å². The molecule has 2 aromatic rings. The average Bonchev–Trinajstić information content (AvgIpc) is 3.22. The van der Waals surface area contributed by atoms with E-state index in [1.54, 1.807) is 31.2 Å². The van der Waals surface area contributed by atoms with Gasteiger partial charge in [0, 0.05) is 11.6 Å². The number of halogens is 1. The molecule has 0 radical (unpaired) electrons. The van der Waals surface area contributed by atoms with E-state index in [0.717, 1.165) is 0 Å². The first-order valence-corrected chi connectivity index (χ1v) is 11.4. The Bertz CT molecular complexity index is 1090. The van der Waals surface area contributed by atoms with Crippen LogP contribution < -0.4 is 0 Å². The minimum absolute atomic E-state index is 0.00774. The Kier molecular flexibility index (Phi) is 6.62. The molecule has 0 spiro atoms. The lowest BCUT2D eigenvalue weighted by Crippen LogP contribution is -2.12. The van der Waals surface area contributed by atoms with Crippen LogP contribution in [0.25, 0.3) is 6.08 Å². The number of methoxy groups -OCH3 is 1. The number of esters is 2. The van der Waals surface area contributed by atoms with Crippen molar-refractivity contribution in [3.63, 3.8) is 0 Å². The topological polar surface area (TPSA) is 105 Å². The maximum Gasteiger partial charge on any atom is 0.337 e. The number of benzene rings is 1. The molecule has 1 fully saturated rings. The number of rotatable bonds is 6. The highest BCUT2D eigenvalue weighted by Gasteiger charge is 2.31. The highest BCUT2D eigenvalue weighted by atomic mass is 35.5. The standard InChI is InChI=1S/C20H21ClN2O6S/c1-13-17(19(21)23(22-13)16-9-10-30(26,27)12-16)7-8-18(24)29-11-14-3-5-15(6-4-14)20(25)28-2/h3-8,16H,9-12H2,1-2H3/b8-7+/t16-/m1/s1. The summed E-state index contributed by atoms with van der Waals surface area (Å²) in [4.78, 5) is 23.5. The number of sulfone groups is 1. The lowest BCUT2D eigenvalue weighted by molar-refractivity contribution is -0.138. The van der Waals surface area contributed by atoms with Crippen LogP contribution in [-0.4, -0.2) is 48.8 Å². The molecule has 1 aromatic carbocycles. The summed E-state index contributed by atoms with van der Waals surface area (Å²) in [6.07, 6.45) is 3.21. The van der Waals surface area contributed by atoms with Crippen molar-refractivity contribution in [2.45, 2.75) is 26.0 Å². The van der Waals surface area contributed by atoms with E-state index in [1.807, 2.05) is 0 Å². The Morgan fingerprint density at radius 1 is 1.30 bits per heavy atom. The third-order valence-electron chi connectivity index (χ3n) is 4.77. The fourth-order valence-corrected chi connectivity index (χ4v) is 5.21. The Balaban J connectivity index is 1.62. The predicted molar refractivity (Wildman–Crippen MR) is 111 cm³/mol. The second kappa shape index (κ2) is 9.01. The summed E-state index contributed by atoms with van der Waals surface area (Å²) in [5, 5.41) is 4.63. The molecular formula is C20H21ClN2O6S. The summed E-state index contributed by atoms with van der Waals surface area (Å²) in [5.74, 6) is -0.887. The van der Waals surface area contributed by atoms with Crippen LogP contribution in [0, 0.1) is 6.92 Å². The summed E-state index contributed by atoms with van der Waals surface area (Å²) in [5.41, 5.74) is 2.26. The number of nitrogens with zero attached hydrogens (tertiary/aromatic N) is 2. The van der Waals surface area contributed by atoms with Crippen LogP contribution >= 0.6 is 11.6 Å². The Morgan fingerprint density at radius 3 is 2.60 bits per heavy atom. The van der Waals surface area contributed by atoms with Crippen LogP contribution in [-0.2, 0) is 30.7 Å². The molecule has 0 saturated carbocycles. The molecule has 8 nitrogen and oxygen atoms in total. The molecule has 1 atom stereocenters. The average molecular weight is 453 g/mol. The van der Waals surface area contributed by atoms with E-state index in [-0.39, 0.29) is 29.3 Å². The number of hydrogen-bond donors (Lipinski definition) is 0. The molecule has 0 aliphatic carbocycles. The highest BCUT2D eigenvalue weighted by Crippen LogP contribution is 2.30. The van der Waals surface area contributed by atoms with Crippen LogP contribution in [0.1, 0.15) is 39.6 Å². The van der Waals surface area contributed by atoms with Crippen molar-refractivity contribution in [1.29, 1.82) is 0 Å². The number of hydrogen-bond acceptors (Lipinski definition) is 7. The minimum Gasteiger partial charge on any atom is -0.465 e. The molecule has 1 aliphatic rings. The van der Waals surface area contributed by atoms with Gasteiger partial charge in [0.15, 0.2) is 9.84 Å². The molecule has 30 heavy (non-hydrogen) atoms. The number of ether oxygens (including phenoxy) is 2. The summed E-state index contributed by atoms with van der Waals surface area (Å²) in [6, 6.07) is 6.22. The van der Waals surface area contributed by atoms with Crippen molar-refractivity contribution in [3.8, 4) is 0 Å². The van der Waals surface area contributed by atoms with Gasteiger partial charge in [0.1, 0.15) is 11.8 Å². The molecule has 2 heterocycles. The van der Waals surface area contributed by atoms with Gasteiger partial charge in [-0.3, -0.25) is 0 Å². The maximum atomic E-state index is 12.0. The SMILES string of the molecule is COC(=O)c1ccc(COC(=O)/C=C/c2c(C)nn([C@@H]3CCS(=O)(=O)C3)c2Cl)cc1. The van der Waals surface area contributed by atoms with E-state index in [4.69, 9.17) is 16.3 Å². The van der Waals surface area contributed by atoms with Gasteiger partial charge in [0.05, 0.1) is 35.9 Å². The van der Waals surface area contributed by atoms with E-state index in [9.17, 15) is 18.0 Å². The summed E-state index contributed by atoms with van der Waals surface area (Å²) >= 11 is 6.38. The third-order valence-corrected chi connectivity index (χ3v) is 6.89. The van der Waals surface area contributed by atoms with E-state index in [0.29, 0.717) is 28.8 Å². The quantitative estimate of drug-likeness (QED) is 0.490. The van der Waals surface area contributed by atoms with Crippen molar-refractivity contribution in [1.82, 2.24) is 9.78 Å².